The van der Waals surface area contributed by atoms with Gasteiger partial charge in [0, 0.05) is 30.6 Å². The summed E-state index contributed by atoms with van der Waals surface area (Å²) in [4.78, 5) is 19.8. The van der Waals surface area contributed by atoms with Crippen molar-refractivity contribution in [1.29, 1.82) is 0 Å². The van der Waals surface area contributed by atoms with Crippen molar-refractivity contribution in [3.8, 4) is 0 Å². The molecule has 0 radical (unpaired) electrons. The number of nitrogens with one attached hydrogen (secondary N) is 1. The molecule has 0 bridgehead atoms. The van der Waals surface area contributed by atoms with Crippen LogP contribution in [0.1, 0.15) is 22.4 Å². The summed E-state index contributed by atoms with van der Waals surface area (Å²) in [6.07, 6.45) is 3.75. The summed E-state index contributed by atoms with van der Waals surface area (Å²) >= 11 is 1.65. The molecule has 2 aromatic rings. The lowest BCUT2D eigenvalue weighted by Gasteiger charge is -2.33. The highest BCUT2D eigenvalue weighted by Crippen LogP contribution is 2.14. The van der Waals surface area contributed by atoms with Crippen LogP contribution < -0.4 is 5.32 Å². The Morgan fingerprint density at radius 2 is 2.25 bits per heavy atom. The Kier molecular flexibility index (Phi) is 5.82. The molecule has 1 aromatic heterocycles. The minimum atomic E-state index is -0.0374. The van der Waals surface area contributed by atoms with E-state index in [1.54, 1.807) is 11.3 Å². The van der Waals surface area contributed by atoms with Crippen LogP contribution in [0.4, 0.5) is 4.79 Å². The first kappa shape index (κ1) is 16.9. The maximum atomic E-state index is 12.4. The Morgan fingerprint density at radius 1 is 1.42 bits per heavy atom. The number of hydrogen-bond acceptors (Lipinski definition) is 4. The van der Waals surface area contributed by atoms with Crippen LogP contribution >= 0.6 is 11.3 Å². The molecule has 1 aliphatic heterocycles. The predicted molar refractivity (Wildman–Crippen MR) is 95.2 cm³/mol. The fourth-order valence-corrected chi connectivity index (χ4v) is 3.56. The van der Waals surface area contributed by atoms with E-state index in [-0.39, 0.29) is 12.1 Å². The summed E-state index contributed by atoms with van der Waals surface area (Å²) in [5, 5.41) is 3.92. The Morgan fingerprint density at radius 3 is 3.00 bits per heavy atom. The Labute approximate surface area is 146 Å². The molecule has 2 heterocycles. The molecule has 6 heteroatoms. The number of hydrogen-bond donors (Lipinski definition) is 1. The molecule has 3 rings (SSSR count). The molecular weight excluding hydrogens is 322 g/mol. The summed E-state index contributed by atoms with van der Waals surface area (Å²) in [5.41, 5.74) is 1.24. The number of aryl methyl sites for hydroxylation is 1. The third-order valence-electron chi connectivity index (χ3n) is 4.07. The van der Waals surface area contributed by atoms with Gasteiger partial charge in [-0.2, -0.15) is 0 Å². The van der Waals surface area contributed by atoms with E-state index < -0.39 is 0 Å². The minimum absolute atomic E-state index is 0.0374. The molecule has 128 valence electrons. The van der Waals surface area contributed by atoms with E-state index in [1.807, 2.05) is 29.3 Å². The summed E-state index contributed by atoms with van der Waals surface area (Å²) < 4.78 is 5.81. The van der Waals surface area contributed by atoms with Gasteiger partial charge in [-0.3, -0.25) is 0 Å². The number of carbonyl (C=O) groups excluding carboxylic acids is 1. The Hall–Kier alpha value is -1.92. The fraction of sp³-hybridized carbons (Fsp3) is 0.444. The molecule has 1 saturated heterocycles. The first-order valence-corrected chi connectivity index (χ1v) is 9.18. The number of benzene rings is 1. The second-order valence-electron chi connectivity index (χ2n) is 5.86. The normalized spacial score (nSPS) is 17.7. The standard InChI is InChI=1S/C18H23N3O2S/c1-2-16-11-19-17(24-16)12-20-18(22)21-8-9-23-15(13-21)10-14-6-4-3-5-7-14/h3-7,11,15H,2,8-10,12-13H2,1H3,(H,20,22). The largest absolute Gasteiger partial charge is 0.374 e. The van der Waals surface area contributed by atoms with Crippen molar-refractivity contribution >= 4 is 17.4 Å². The van der Waals surface area contributed by atoms with Gasteiger partial charge in [-0.25, -0.2) is 9.78 Å². The predicted octanol–water partition coefficient (Wildman–Crippen LogP) is 2.86. The molecule has 2 amide bonds. The van der Waals surface area contributed by atoms with Gasteiger partial charge in [-0.05, 0) is 12.0 Å². The number of urea groups is 1. The third-order valence-corrected chi connectivity index (χ3v) is 5.21. The van der Waals surface area contributed by atoms with E-state index in [0.717, 1.165) is 17.8 Å². The number of amides is 2. The average molecular weight is 345 g/mol. The van der Waals surface area contributed by atoms with Crippen molar-refractivity contribution in [2.45, 2.75) is 32.4 Å². The van der Waals surface area contributed by atoms with E-state index in [1.165, 1.54) is 10.4 Å². The molecule has 1 aromatic carbocycles. The topological polar surface area (TPSA) is 54.5 Å². The molecule has 1 aliphatic rings. The summed E-state index contributed by atoms with van der Waals surface area (Å²) in [6, 6.07) is 10.2. The molecule has 5 nitrogen and oxygen atoms in total. The quantitative estimate of drug-likeness (QED) is 0.906. The number of ether oxygens (including phenoxy) is 1. The zero-order chi connectivity index (χ0) is 16.8. The van der Waals surface area contributed by atoms with Gasteiger partial charge in [0.2, 0.25) is 0 Å². The van der Waals surface area contributed by atoms with Crippen molar-refractivity contribution in [2.75, 3.05) is 19.7 Å². The molecule has 1 unspecified atom stereocenters. The average Bonchev–Trinajstić information content (AvgIpc) is 3.09. The van der Waals surface area contributed by atoms with E-state index in [4.69, 9.17) is 4.74 Å². The number of rotatable bonds is 5. The van der Waals surface area contributed by atoms with E-state index >= 15 is 0 Å². The van der Waals surface area contributed by atoms with Crippen LogP contribution in [0.5, 0.6) is 0 Å². The van der Waals surface area contributed by atoms with Gasteiger partial charge in [0.15, 0.2) is 0 Å². The Balaban J connectivity index is 1.49. The second-order valence-corrected chi connectivity index (χ2v) is 7.06. The van der Waals surface area contributed by atoms with Crippen LogP contribution in [0, 0.1) is 0 Å². The second kappa shape index (κ2) is 8.26. The zero-order valence-electron chi connectivity index (χ0n) is 13.9. The molecule has 1 fully saturated rings. The fourth-order valence-electron chi connectivity index (χ4n) is 2.76. The number of nitrogens with zero attached hydrogens (tertiary/aromatic N) is 2. The van der Waals surface area contributed by atoms with Gasteiger partial charge in [-0.15, -0.1) is 11.3 Å². The highest BCUT2D eigenvalue weighted by Gasteiger charge is 2.24. The van der Waals surface area contributed by atoms with Crippen molar-refractivity contribution in [3.63, 3.8) is 0 Å². The van der Waals surface area contributed by atoms with Crippen molar-refractivity contribution in [3.05, 3.63) is 52.0 Å². The van der Waals surface area contributed by atoms with Crippen LogP contribution in [0.2, 0.25) is 0 Å². The highest BCUT2D eigenvalue weighted by atomic mass is 32.1. The lowest BCUT2D eigenvalue weighted by atomic mass is 10.1. The van der Waals surface area contributed by atoms with Gasteiger partial charge < -0.3 is 15.0 Å². The van der Waals surface area contributed by atoms with E-state index in [9.17, 15) is 4.79 Å². The lowest BCUT2D eigenvalue weighted by Crippen LogP contribution is -2.50. The zero-order valence-corrected chi connectivity index (χ0v) is 14.7. The first-order chi connectivity index (χ1) is 11.7. The van der Waals surface area contributed by atoms with Gasteiger partial charge in [0.05, 0.1) is 19.3 Å². The van der Waals surface area contributed by atoms with E-state index in [0.29, 0.717) is 26.2 Å². The SMILES string of the molecule is CCc1cnc(CNC(=O)N2CCOC(Cc3ccccc3)C2)s1. The number of thiazole rings is 1. The summed E-state index contributed by atoms with van der Waals surface area (Å²) in [5.74, 6) is 0. The molecule has 0 saturated carbocycles. The Bertz CT molecular complexity index is 659. The molecule has 0 aliphatic carbocycles. The van der Waals surface area contributed by atoms with Crippen LogP contribution in [0.15, 0.2) is 36.5 Å². The molecular formula is C18H23N3O2S. The van der Waals surface area contributed by atoms with Crippen LogP contribution in [0.3, 0.4) is 0 Å². The number of morpholine rings is 1. The van der Waals surface area contributed by atoms with Crippen molar-refractivity contribution in [2.24, 2.45) is 0 Å². The molecule has 0 spiro atoms. The van der Waals surface area contributed by atoms with Gasteiger partial charge in [-0.1, -0.05) is 37.3 Å². The van der Waals surface area contributed by atoms with Gasteiger partial charge in [0.1, 0.15) is 5.01 Å². The third kappa shape index (κ3) is 4.55. The number of aromatic nitrogens is 1. The van der Waals surface area contributed by atoms with Crippen LogP contribution in [0.25, 0.3) is 0 Å². The molecule has 24 heavy (non-hydrogen) atoms. The smallest absolute Gasteiger partial charge is 0.317 e. The summed E-state index contributed by atoms with van der Waals surface area (Å²) in [7, 11) is 0. The molecule has 1 N–H and O–H groups in total. The van der Waals surface area contributed by atoms with Crippen LogP contribution in [-0.4, -0.2) is 41.7 Å². The van der Waals surface area contributed by atoms with Crippen LogP contribution in [-0.2, 0) is 24.1 Å². The monoisotopic (exact) mass is 345 g/mol. The van der Waals surface area contributed by atoms with Crippen molar-refractivity contribution < 1.29 is 9.53 Å². The van der Waals surface area contributed by atoms with Gasteiger partial charge >= 0.3 is 6.03 Å². The first-order valence-electron chi connectivity index (χ1n) is 8.36. The number of carbonyl (C=O) groups is 1. The minimum Gasteiger partial charge on any atom is -0.374 e. The lowest BCUT2D eigenvalue weighted by molar-refractivity contribution is -0.0133. The van der Waals surface area contributed by atoms with E-state index in [2.05, 4.69) is 29.4 Å². The van der Waals surface area contributed by atoms with Gasteiger partial charge in [0.25, 0.3) is 0 Å². The van der Waals surface area contributed by atoms with Crippen molar-refractivity contribution in [1.82, 2.24) is 15.2 Å². The maximum Gasteiger partial charge on any atom is 0.317 e. The summed E-state index contributed by atoms with van der Waals surface area (Å²) in [6.45, 7) is 4.44. The maximum absolute atomic E-state index is 12.4. The highest BCUT2D eigenvalue weighted by molar-refractivity contribution is 7.11. The molecule has 1 atom stereocenters.